The smallest absolute Gasteiger partial charge is 0.308 e. The van der Waals surface area contributed by atoms with Crippen molar-refractivity contribution in [1.29, 1.82) is 0 Å². The molecule has 0 saturated carbocycles. The molecule has 0 aromatic rings. The normalized spacial score (nSPS) is 32.9. The van der Waals surface area contributed by atoms with E-state index in [1.54, 1.807) is 6.92 Å². The van der Waals surface area contributed by atoms with Crippen LogP contribution in [0, 0.1) is 0 Å². The number of cyclic esters (lactones) is 2. The van der Waals surface area contributed by atoms with Crippen molar-refractivity contribution in [2.45, 2.75) is 475 Å². The van der Waals surface area contributed by atoms with Crippen LogP contribution in [0.25, 0.3) is 0 Å². The minimum absolute atomic E-state index is 0.209. The predicted molar refractivity (Wildman–Crippen MR) is 403 cm³/mol. The van der Waals surface area contributed by atoms with Crippen molar-refractivity contribution in [3.05, 3.63) is 0 Å². The topological polar surface area (TPSA) is 450 Å². The highest BCUT2D eigenvalue weighted by molar-refractivity contribution is 5.70. The fourth-order valence-electron chi connectivity index (χ4n) is 15.5. The molecule has 0 spiro atoms. The van der Waals surface area contributed by atoms with E-state index in [0.717, 1.165) is 193 Å². The van der Waals surface area contributed by atoms with Crippen molar-refractivity contribution in [3.63, 3.8) is 0 Å². The molecule has 0 aromatic heterocycles. The van der Waals surface area contributed by atoms with Gasteiger partial charge in [-0.25, -0.2) is 0 Å². The maximum Gasteiger partial charge on any atom is 0.308 e. The summed E-state index contributed by atoms with van der Waals surface area (Å²) in [6.45, 7) is 1.47. The third-order valence-electron chi connectivity index (χ3n) is 22.6. The van der Waals surface area contributed by atoms with Crippen molar-refractivity contribution in [3.8, 4) is 0 Å². The number of ether oxygens (including phenoxy) is 10. The van der Waals surface area contributed by atoms with Crippen LogP contribution < -0.4 is 0 Å². The van der Waals surface area contributed by atoms with Crippen LogP contribution in [0.1, 0.15) is 316 Å². The Kier molecular flexibility index (Phi) is 51.1. The zero-order valence-electron chi connectivity index (χ0n) is 66.1. The fourth-order valence-corrected chi connectivity index (χ4v) is 15.5. The Morgan fingerprint density at radius 3 is 0.826 bits per heavy atom. The van der Waals surface area contributed by atoms with E-state index in [0.29, 0.717) is 44.9 Å². The number of rotatable bonds is 55. The first kappa shape index (κ1) is 97.6. The highest BCUT2D eigenvalue weighted by Crippen LogP contribution is 2.33. The molecule has 109 heavy (non-hydrogen) atoms. The first-order valence-corrected chi connectivity index (χ1v) is 42.8. The van der Waals surface area contributed by atoms with Crippen molar-refractivity contribution in [1.82, 2.24) is 0 Å². The van der Waals surface area contributed by atoms with Crippen LogP contribution in [-0.4, -0.2) is 280 Å². The number of fused-ring (bicyclic) bond motifs is 4. The largest absolute Gasteiger partial charge is 0.463 e. The van der Waals surface area contributed by atoms with Crippen LogP contribution in [0.3, 0.4) is 0 Å². The molecular weight excluding hydrogens is 1420 g/mol. The molecule has 5 aliphatic heterocycles. The molecule has 26 unspecified atom stereocenters. The van der Waals surface area contributed by atoms with E-state index in [2.05, 4.69) is 0 Å². The Bertz CT molecular complexity index is 2260. The summed E-state index contributed by atoms with van der Waals surface area (Å²) >= 11 is 0. The summed E-state index contributed by atoms with van der Waals surface area (Å²) in [5, 5.41) is 167. The van der Waals surface area contributed by atoms with Crippen molar-refractivity contribution in [2.75, 3.05) is 26.4 Å². The third-order valence-corrected chi connectivity index (χ3v) is 22.6. The highest BCUT2D eigenvalue weighted by atomic mass is 16.7. The summed E-state index contributed by atoms with van der Waals surface area (Å²) in [6, 6.07) is 0. The van der Waals surface area contributed by atoms with Gasteiger partial charge in [0.2, 0.25) is 0 Å². The molecular formula is C81H150O28. The molecule has 5 rings (SSSR count). The van der Waals surface area contributed by atoms with Gasteiger partial charge in [0.05, 0.1) is 62.7 Å². The second kappa shape index (κ2) is 57.1. The lowest BCUT2D eigenvalue weighted by Crippen LogP contribution is -2.60. The van der Waals surface area contributed by atoms with Crippen molar-refractivity contribution in [2.24, 2.45) is 0 Å². The number of carbonyl (C=O) groups is 2. The lowest BCUT2D eigenvalue weighted by Gasteiger charge is -2.42. The third kappa shape index (κ3) is 38.3. The van der Waals surface area contributed by atoms with Crippen LogP contribution in [0.2, 0.25) is 0 Å². The number of carbonyl (C=O) groups excluding carboxylic acids is 2. The van der Waals surface area contributed by atoms with E-state index in [9.17, 15) is 91.3 Å². The number of aliphatic hydroxyl groups excluding tert-OH is 16. The van der Waals surface area contributed by atoms with Crippen LogP contribution in [0.15, 0.2) is 0 Å². The zero-order valence-corrected chi connectivity index (χ0v) is 66.1. The van der Waals surface area contributed by atoms with Crippen LogP contribution in [-0.2, 0) is 57.0 Å². The van der Waals surface area contributed by atoms with Gasteiger partial charge in [0, 0.05) is 0 Å². The fraction of sp³-hybridized carbons (Fsp3) is 0.975. The Labute approximate surface area is 649 Å². The molecule has 0 radical (unpaired) electrons. The average Bonchev–Trinajstić information content (AvgIpc) is 0.814. The van der Waals surface area contributed by atoms with Gasteiger partial charge in [-0.2, -0.15) is 0 Å². The number of esters is 2. The van der Waals surface area contributed by atoms with Crippen LogP contribution >= 0.6 is 0 Å². The summed E-state index contributed by atoms with van der Waals surface area (Å²) in [4.78, 5) is 27.2. The summed E-state index contributed by atoms with van der Waals surface area (Å²) in [6.07, 6.45) is 9.66. The van der Waals surface area contributed by atoms with Crippen LogP contribution in [0.5, 0.6) is 0 Å². The average molecular weight is 1570 g/mol. The molecule has 28 nitrogen and oxygen atoms in total. The molecule has 16 N–H and O–H groups in total. The van der Waals surface area contributed by atoms with E-state index >= 15 is 0 Å². The second-order valence-corrected chi connectivity index (χ2v) is 32.3. The van der Waals surface area contributed by atoms with Gasteiger partial charge < -0.3 is 129 Å². The summed E-state index contributed by atoms with van der Waals surface area (Å²) in [5.41, 5.74) is 0. The van der Waals surface area contributed by atoms with E-state index in [4.69, 9.17) is 47.4 Å². The Morgan fingerprint density at radius 1 is 0.303 bits per heavy atom. The van der Waals surface area contributed by atoms with Gasteiger partial charge in [-0.3, -0.25) is 9.59 Å². The molecule has 0 amide bonds. The lowest BCUT2D eigenvalue weighted by atomic mass is 9.98. The minimum atomic E-state index is -1.76. The van der Waals surface area contributed by atoms with Crippen LogP contribution in [0.4, 0.5) is 0 Å². The monoisotopic (exact) mass is 1570 g/mol. The second-order valence-electron chi connectivity index (χ2n) is 32.3. The van der Waals surface area contributed by atoms with E-state index in [1.807, 2.05) is 6.92 Å². The number of aliphatic hydroxyl groups is 16. The number of hydrogen-bond donors (Lipinski definition) is 16. The van der Waals surface area contributed by atoms with Gasteiger partial charge in [0.15, 0.2) is 25.2 Å². The Morgan fingerprint density at radius 2 is 0.550 bits per heavy atom. The summed E-state index contributed by atoms with van der Waals surface area (Å²) in [5.74, 6) is -1.54. The zero-order chi connectivity index (χ0) is 79.3. The SMILES string of the molecule is CC(O)CCCCCCCCCCCCCCC(CCCCCCCCCCCCCC1CC(=O)OCC2OC(OC(CCCCCCCCCCCCCC(CCCCCC(C)O)OC3OC(CO)C(O)C(O)C3O)CC(=O)OCC3OC(O1)C(O)C(O)C3O)C(O)C(O)C2O)OC1OC(CO)C(O)C(O)C1O. The number of hydrogen-bond acceptors (Lipinski definition) is 28. The molecule has 642 valence electrons. The van der Waals surface area contributed by atoms with E-state index in [1.165, 1.54) is 51.4 Å². The molecule has 0 aromatic carbocycles. The molecule has 0 aliphatic carbocycles. The predicted octanol–water partition coefficient (Wildman–Crippen LogP) is 6.94. The maximum atomic E-state index is 13.6. The van der Waals surface area contributed by atoms with Gasteiger partial charge in [-0.15, -0.1) is 0 Å². The molecule has 28 heteroatoms. The van der Waals surface area contributed by atoms with E-state index < -0.39 is 173 Å². The van der Waals surface area contributed by atoms with E-state index in [-0.39, 0.29) is 37.3 Å². The standard InChI is InChI=1S/C81H150O28/c1-54(84)40-32-25-19-13-7-3-4-8-14-20-26-34-42-56(102-78-74(96)70(92)66(88)60(50-82)106-78)43-35-27-21-15-9-5-11-17-23-29-37-46-58-48-64(86)100-52-63-69(91)73(95)77(99)81(109-63)105-59(49-65(87)101-53-62-68(90)72(94)76(98)80(104-58)108-62)47-38-30-24-18-12-6-10-16-22-28-36-44-57(45-39-31-33-41-55(2)85)103-79-75(97)71(93)67(89)61(51-83)107-79/h54-63,66-85,88-99H,3-53H2,1-2H3. The van der Waals surface area contributed by atoms with Crippen molar-refractivity contribution < 1.29 is 139 Å². The quantitative estimate of drug-likeness (QED) is 0.0216. The Balaban J connectivity index is 0.994. The van der Waals surface area contributed by atoms with Gasteiger partial charge in [-0.05, 0) is 65.2 Å². The molecule has 26 atom stereocenters. The molecule has 5 fully saturated rings. The highest BCUT2D eigenvalue weighted by Gasteiger charge is 2.50. The Hall–Kier alpha value is -2.02. The minimum Gasteiger partial charge on any atom is -0.463 e. The van der Waals surface area contributed by atoms with Gasteiger partial charge in [-0.1, -0.05) is 238 Å². The lowest BCUT2D eigenvalue weighted by molar-refractivity contribution is -0.316. The first-order valence-electron chi connectivity index (χ1n) is 42.8. The molecule has 4 bridgehead atoms. The van der Waals surface area contributed by atoms with Gasteiger partial charge in [0.1, 0.15) is 111 Å². The van der Waals surface area contributed by atoms with Gasteiger partial charge in [0.25, 0.3) is 0 Å². The first-order chi connectivity index (χ1) is 52.5. The molecule has 5 saturated heterocycles. The molecule has 5 aliphatic rings. The number of unbranched alkanes of at least 4 members (excludes halogenated alkanes) is 33. The maximum absolute atomic E-state index is 13.6. The summed E-state index contributed by atoms with van der Waals surface area (Å²) < 4.78 is 59.3. The van der Waals surface area contributed by atoms with Gasteiger partial charge >= 0.3 is 11.9 Å². The summed E-state index contributed by atoms with van der Waals surface area (Å²) in [7, 11) is 0. The molecule has 5 heterocycles. The van der Waals surface area contributed by atoms with Crippen molar-refractivity contribution >= 4 is 11.9 Å².